The molecule has 1 fully saturated rings. The van der Waals surface area contributed by atoms with Crippen LogP contribution in [0, 0.1) is 25.2 Å². The molecule has 2 atom stereocenters. The van der Waals surface area contributed by atoms with E-state index in [-0.39, 0.29) is 6.10 Å². The smallest absolute Gasteiger partial charge is 0.120 e. The second kappa shape index (κ2) is 5.63. The Hall–Kier alpha value is -1.53. The van der Waals surface area contributed by atoms with E-state index >= 15 is 0 Å². The van der Waals surface area contributed by atoms with Gasteiger partial charge in [-0.05, 0) is 56.5 Å². The third kappa shape index (κ3) is 3.27. The summed E-state index contributed by atoms with van der Waals surface area (Å²) >= 11 is 0. The molecule has 2 unspecified atom stereocenters. The van der Waals surface area contributed by atoms with E-state index in [1.165, 1.54) is 11.1 Å². The van der Waals surface area contributed by atoms with E-state index in [1.54, 1.807) is 0 Å². The maximum absolute atomic E-state index is 9.35. The summed E-state index contributed by atoms with van der Waals surface area (Å²) in [5.41, 5.74) is 2.04. The Bertz CT molecular complexity index is 472. The van der Waals surface area contributed by atoms with E-state index in [4.69, 9.17) is 4.74 Å². The number of aryl methyl sites for hydroxylation is 2. The minimum atomic E-state index is -0.391. The largest absolute Gasteiger partial charge is 0.490 e. The minimum absolute atomic E-state index is 0.139. The van der Waals surface area contributed by atoms with Gasteiger partial charge in [0.1, 0.15) is 17.4 Å². The lowest BCUT2D eigenvalue weighted by Gasteiger charge is -2.22. The third-order valence-corrected chi connectivity index (χ3v) is 3.70. The maximum atomic E-state index is 9.35. The van der Waals surface area contributed by atoms with Crippen LogP contribution in [0.15, 0.2) is 18.2 Å². The summed E-state index contributed by atoms with van der Waals surface area (Å²) in [6.45, 7) is 7.01. The summed E-state index contributed by atoms with van der Waals surface area (Å²) in [4.78, 5) is 0. The highest BCUT2D eigenvalue weighted by atomic mass is 16.5. The van der Waals surface area contributed by atoms with Crippen molar-refractivity contribution in [3.05, 3.63) is 29.3 Å². The van der Waals surface area contributed by atoms with Crippen molar-refractivity contribution < 1.29 is 4.74 Å². The van der Waals surface area contributed by atoms with Crippen LogP contribution in [0.3, 0.4) is 0 Å². The van der Waals surface area contributed by atoms with Crippen LogP contribution in [0.5, 0.6) is 5.75 Å². The van der Waals surface area contributed by atoms with Crippen LogP contribution in [0.4, 0.5) is 0 Å². The predicted molar refractivity (Wildman–Crippen MR) is 76.2 cm³/mol. The van der Waals surface area contributed by atoms with Gasteiger partial charge in [0.05, 0.1) is 6.07 Å². The monoisotopic (exact) mass is 258 g/mol. The zero-order chi connectivity index (χ0) is 13.9. The van der Waals surface area contributed by atoms with E-state index in [2.05, 4.69) is 43.4 Å². The van der Waals surface area contributed by atoms with Gasteiger partial charge in [0, 0.05) is 6.42 Å². The quantitative estimate of drug-likeness (QED) is 0.902. The number of nitriles is 1. The van der Waals surface area contributed by atoms with Crippen molar-refractivity contribution in [2.75, 3.05) is 6.54 Å². The van der Waals surface area contributed by atoms with Gasteiger partial charge in [0.15, 0.2) is 0 Å². The molecule has 0 aromatic heterocycles. The lowest BCUT2D eigenvalue weighted by molar-refractivity contribution is 0.201. The van der Waals surface area contributed by atoms with Gasteiger partial charge < -0.3 is 4.74 Å². The van der Waals surface area contributed by atoms with Gasteiger partial charge in [-0.1, -0.05) is 13.0 Å². The van der Waals surface area contributed by atoms with Crippen molar-refractivity contribution in [3.8, 4) is 11.8 Å². The molecule has 3 nitrogen and oxygen atoms in total. The molecule has 0 amide bonds. The first-order valence-corrected chi connectivity index (χ1v) is 6.98. The number of ether oxygens (including phenoxy) is 1. The average Bonchev–Trinajstić information content (AvgIpc) is 2.72. The Kier molecular flexibility index (Phi) is 4.11. The summed E-state index contributed by atoms with van der Waals surface area (Å²) in [6.07, 6.45) is 2.71. The number of rotatable bonds is 4. The van der Waals surface area contributed by atoms with Crippen molar-refractivity contribution in [2.24, 2.45) is 0 Å². The Labute approximate surface area is 115 Å². The van der Waals surface area contributed by atoms with E-state index in [1.807, 2.05) is 6.92 Å². The van der Waals surface area contributed by atoms with Gasteiger partial charge in [-0.3, -0.25) is 5.32 Å². The van der Waals surface area contributed by atoms with Gasteiger partial charge >= 0.3 is 0 Å². The third-order valence-electron chi connectivity index (χ3n) is 3.70. The fourth-order valence-corrected chi connectivity index (χ4v) is 2.93. The second-order valence-electron chi connectivity index (χ2n) is 5.53. The Balaban J connectivity index is 2.04. The Morgan fingerprint density at radius 1 is 1.37 bits per heavy atom. The first kappa shape index (κ1) is 13.9. The zero-order valence-corrected chi connectivity index (χ0v) is 12.0. The fourth-order valence-electron chi connectivity index (χ4n) is 2.93. The Morgan fingerprint density at radius 2 is 2.05 bits per heavy atom. The number of nitrogens with one attached hydrogen (secondary N) is 1. The lowest BCUT2D eigenvalue weighted by atomic mass is 10.00. The molecule has 102 valence electrons. The average molecular weight is 258 g/mol. The number of hydrogen-bond donors (Lipinski definition) is 1. The van der Waals surface area contributed by atoms with Gasteiger partial charge in [-0.2, -0.15) is 5.26 Å². The van der Waals surface area contributed by atoms with Gasteiger partial charge in [0.25, 0.3) is 0 Å². The van der Waals surface area contributed by atoms with E-state index in [0.29, 0.717) is 0 Å². The maximum Gasteiger partial charge on any atom is 0.120 e. The molecule has 1 saturated carbocycles. The van der Waals surface area contributed by atoms with Crippen LogP contribution in [0.25, 0.3) is 0 Å². The predicted octanol–water partition coefficient (Wildman–Crippen LogP) is 3.11. The molecule has 0 radical (unpaired) electrons. The first-order chi connectivity index (χ1) is 9.07. The van der Waals surface area contributed by atoms with Crippen molar-refractivity contribution in [2.45, 2.75) is 51.7 Å². The minimum Gasteiger partial charge on any atom is -0.490 e. The molecule has 3 heteroatoms. The van der Waals surface area contributed by atoms with Gasteiger partial charge in [0.2, 0.25) is 0 Å². The first-order valence-electron chi connectivity index (χ1n) is 6.98. The molecule has 0 spiro atoms. The van der Waals surface area contributed by atoms with E-state index in [0.717, 1.165) is 31.6 Å². The van der Waals surface area contributed by atoms with Crippen LogP contribution in [0.1, 0.15) is 37.3 Å². The van der Waals surface area contributed by atoms with Crippen LogP contribution in [0.2, 0.25) is 0 Å². The van der Waals surface area contributed by atoms with Crippen LogP contribution < -0.4 is 10.1 Å². The molecule has 2 rings (SSSR count). The molecule has 19 heavy (non-hydrogen) atoms. The second-order valence-corrected chi connectivity index (χ2v) is 5.53. The lowest BCUT2D eigenvalue weighted by Crippen LogP contribution is -2.42. The standard InChI is InChI=1S/C16H22N2O/c1-4-18-16(11-17)6-5-14(10-16)19-15-8-12(2)7-13(3)9-15/h7-9,14,18H,4-6,10H2,1-3H3. The molecule has 0 aliphatic heterocycles. The highest BCUT2D eigenvalue weighted by Gasteiger charge is 2.39. The molecular weight excluding hydrogens is 236 g/mol. The Morgan fingerprint density at radius 3 is 2.63 bits per heavy atom. The number of hydrogen-bond acceptors (Lipinski definition) is 3. The fraction of sp³-hybridized carbons (Fsp3) is 0.562. The number of benzene rings is 1. The van der Waals surface area contributed by atoms with Crippen LogP contribution in [-0.2, 0) is 0 Å². The summed E-state index contributed by atoms with van der Waals surface area (Å²) < 4.78 is 6.05. The normalized spacial score (nSPS) is 26.1. The van der Waals surface area contributed by atoms with Crippen LogP contribution in [-0.4, -0.2) is 18.2 Å². The van der Waals surface area contributed by atoms with Crippen molar-refractivity contribution in [1.29, 1.82) is 5.26 Å². The molecule has 0 bridgehead atoms. The molecule has 1 aliphatic carbocycles. The topological polar surface area (TPSA) is 45.0 Å². The van der Waals surface area contributed by atoms with Crippen molar-refractivity contribution >= 4 is 0 Å². The van der Waals surface area contributed by atoms with Gasteiger partial charge in [-0.25, -0.2) is 0 Å². The van der Waals surface area contributed by atoms with E-state index in [9.17, 15) is 5.26 Å². The summed E-state index contributed by atoms with van der Waals surface area (Å²) in [6, 6.07) is 8.69. The van der Waals surface area contributed by atoms with Gasteiger partial charge in [-0.15, -0.1) is 0 Å². The zero-order valence-electron chi connectivity index (χ0n) is 12.0. The SMILES string of the molecule is CCNC1(C#N)CCC(Oc2cc(C)cc(C)c2)C1. The van der Waals surface area contributed by atoms with Crippen molar-refractivity contribution in [1.82, 2.24) is 5.32 Å². The summed E-state index contributed by atoms with van der Waals surface area (Å²) in [5, 5.41) is 12.7. The molecule has 1 aromatic rings. The highest BCUT2D eigenvalue weighted by molar-refractivity contribution is 5.33. The summed E-state index contributed by atoms with van der Waals surface area (Å²) in [7, 11) is 0. The highest BCUT2D eigenvalue weighted by Crippen LogP contribution is 2.32. The molecule has 0 saturated heterocycles. The van der Waals surface area contributed by atoms with E-state index < -0.39 is 5.54 Å². The molecule has 0 heterocycles. The number of nitrogens with zero attached hydrogens (tertiary/aromatic N) is 1. The molecular formula is C16H22N2O. The summed E-state index contributed by atoms with van der Waals surface area (Å²) in [5.74, 6) is 0.924. The molecule has 1 aliphatic rings. The van der Waals surface area contributed by atoms with Crippen LogP contribution >= 0.6 is 0 Å². The van der Waals surface area contributed by atoms with Crippen molar-refractivity contribution in [3.63, 3.8) is 0 Å². The molecule has 1 N–H and O–H groups in total. The molecule has 1 aromatic carbocycles.